The second-order valence-electron chi connectivity index (χ2n) is 3.24. The molecule has 0 fully saturated rings. The highest BCUT2D eigenvalue weighted by Crippen LogP contribution is 2.31. The van der Waals surface area contributed by atoms with E-state index in [2.05, 4.69) is 21.1 Å². The lowest BCUT2D eigenvalue weighted by atomic mass is 10.2. The largest absolute Gasteiger partial charge is 0.409 e. The van der Waals surface area contributed by atoms with Crippen LogP contribution in [0.5, 0.6) is 0 Å². The number of halogens is 1. The topological polar surface area (TPSA) is 78.8 Å². The molecule has 1 rings (SSSR count). The average molecular weight is 305 g/mol. The normalized spacial score (nSPS) is 13.8. The van der Waals surface area contributed by atoms with Crippen molar-refractivity contribution in [2.24, 2.45) is 10.9 Å². The quantitative estimate of drug-likeness (QED) is 0.261. The molecular weight excluding hydrogens is 292 g/mol. The van der Waals surface area contributed by atoms with Crippen LogP contribution in [0.3, 0.4) is 0 Å². The first-order valence-corrected chi connectivity index (χ1v) is 6.30. The molecule has 1 atom stereocenters. The van der Waals surface area contributed by atoms with Gasteiger partial charge in [0.05, 0.1) is 6.61 Å². The molecule has 0 aliphatic rings. The van der Waals surface area contributed by atoms with E-state index < -0.39 is 0 Å². The third-order valence-corrected chi connectivity index (χ3v) is 4.00. The molecule has 0 aliphatic carbocycles. The summed E-state index contributed by atoms with van der Waals surface area (Å²) in [6.07, 6.45) is 0. The summed E-state index contributed by atoms with van der Waals surface area (Å²) in [5, 5.41) is 20.6. The Hall–Kier alpha value is -0.720. The van der Waals surface area contributed by atoms with Gasteiger partial charge in [-0.25, -0.2) is 0 Å². The molecule has 0 heterocycles. The van der Waals surface area contributed by atoms with E-state index in [1.54, 1.807) is 23.9 Å². The van der Waals surface area contributed by atoms with Crippen LogP contribution in [0.4, 0.5) is 0 Å². The molecule has 6 heteroatoms. The van der Waals surface area contributed by atoms with E-state index in [0.717, 1.165) is 9.37 Å². The summed E-state index contributed by atoms with van der Waals surface area (Å²) in [5.74, 6) is 0.0763. The van der Waals surface area contributed by atoms with Crippen LogP contribution >= 0.6 is 27.7 Å². The monoisotopic (exact) mass is 304 g/mol. The number of thioether (sulfide) groups is 1. The van der Waals surface area contributed by atoms with E-state index in [1.165, 1.54) is 0 Å². The average Bonchev–Trinajstić information content (AvgIpc) is 2.30. The van der Waals surface area contributed by atoms with Crippen LogP contribution in [0.2, 0.25) is 0 Å². The number of nitrogens with two attached hydrogens (primary N) is 1. The minimum atomic E-state index is 0.0763. The SMILES string of the molecule is CC(CO)Sc1ccc(/C(N)=N/O)cc1Br. The Balaban J connectivity index is 2.92. The zero-order valence-electron chi connectivity index (χ0n) is 8.72. The van der Waals surface area contributed by atoms with Gasteiger partial charge in [-0.15, -0.1) is 11.8 Å². The van der Waals surface area contributed by atoms with Crippen LogP contribution in [0.1, 0.15) is 12.5 Å². The molecule has 0 amide bonds. The fourth-order valence-corrected chi connectivity index (χ4v) is 2.55. The van der Waals surface area contributed by atoms with E-state index in [0.29, 0.717) is 5.56 Å². The van der Waals surface area contributed by atoms with Crippen LogP contribution in [-0.4, -0.2) is 28.0 Å². The molecule has 4 nitrogen and oxygen atoms in total. The van der Waals surface area contributed by atoms with Crippen LogP contribution in [-0.2, 0) is 0 Å². The summed E-state index contributed by atoms with van der Waals surface area (Å²) in [7, 11) is 0. The fourth-order valence-electron chi connectivity index (χ4n) is 1.07. The van der Waals surface area contributed by atoms with Crippen molar-refractivity contribution in [3.05, 3.63) is 28.2 Å². The Morgan fingerprint density at radius 2 is 2.31 bits per heavy atom. The number of rotatable bonds is 4. The maximum atomic E-state index is 8.96. The van der Waals surface area contributed by atoms with Gasteiger partial charge in [-0.3, -0.25) is 0 Å². The van der Waals surface area contributed by atoms with Gasteiger partial charge in [-0.2, -0.15) is 0 Å². The first kappa shape index (κ1) is 13.3. The maximum absolute atomic E-state index is 8.96. The molecule has 1 aromatic rings. The first-order chi connectivity index (χ1) is 7.58. The lowest BCUT2D eigenvalue weighted by Gasteiger charge is -2.10. The van der Waals surface area contributed by atoms with Crippen LogP contribution in [0, 0.1) is 0 Å². The number of oxime groups is 1. The molecule has 4 N–H and O–H groups in total. The Labute approximate surface area is 107 Å². The molecule has 0 aromatic heterocycles. The predicted molar refractivity (Wildman–Crippen MR) is 69.1 cm³/mol. The highest BCUT2D eigenvalue weighted by Gasteiger charge is 2.08. The van der Waals surface area contributed by atoms with Gasteiger partial charge < -0.3 is 16.0 Å². The predicted octanol–water partition coefficient (Wildman–Crippen LogP) is 2.02. The van der Waals surface area contributed by atoms with Crippen molar-refractivity contribution in [1.82, 2.24) is 0 Å². The number of benzene rings is 1. The standard InChI is InChI=1S/C10H13BrN2O2S/c1-6(5-14)16-9-3-2-7(4-8(9)11)10(12)13-15/h2-4,6,14-15H,5H2,1H3,(H2,12,13). The Bertz CT molecular complexity index is 398. The first-order valence-electron chi connectivity index (χ1n) is 4.63. The number of hydrogen-bond donors (Lipinski definition) is 3. The Kier molecular flexibility index (Phi) is 5.11. The second kappa shape index (κ2) is 6.12. The van der Waals surface area contributed by atoms with Crippen LogP contribution in [0.25, 0.3) is 0 Å². The fraction of sp³-hybridized carbons (Fsp3) is 0.300. The highest BCUT2D eigenvalue weighted by molar-refractivity contribution is 9.10. The number of nitrogens with zero attached hydrogens (tertiary/aromatic N) is 1. The third kappa shape index (κ3) is 3.40. The van der Waals surface area contributed by atoms with E-state index in [9.17, 15) is 0 Å². The molecule has 0 radical (unpaired) electrons. The number of amidine groups is 1. The Morgan fingerprint density at radius 1 is 1.62 bits per heavy atom. The highest BCUT2D eigenvalue weighted by atomic mass is 79.9. The minimum absolute atomic E-state index is 0.0763. The van der Waals surface area contributed by atoms with Crippen molar-refractivity contribution in [3.8, 4) is 0 Å². The van der Waals surface area contributed by atoms with Crippen LogP contribution < -0.4 is 5.73 Å². The lowest BCUT2D eigenvalue weighted by Crippen LogP contribution is -2.13. The minimum Gasteiger partial charge on any atom is -0.409 e. The second-order valence-corrected chi connectivity index (χ2v) is 5.58. The lowest BCUT2D eigenvalue weighted by molar-refractivity contribution is 0.300. The molecule has 0 aliphatic heterocycles. The van der Waals surface area contributed by atoms with Crippen molar-refractivity contribution < 1.29 is 10.3 Å². The van der Waals surface area contributed by atoms with Crippen molar-refractivity contribution in [2.45, 2.75) is 17.1 Å². The van der Waals surface area contributed by atoms with Crippen LogP contribution in [0.15, 0.2) is 32.7 Å². The van der Waals surface area contributed by atoms with Crippen molar-refractivity contribution in [2.75, 3.05) is 6.61 Å². The number of hydrogen-bond acceptors (Lipinski definition) is 4. The zero-order valence-corrected chi connectivity index (χ0v) is 11.1. The smallest absolute Gasteiger partial charge is 0.170 e. The van der Waals surface area contributed by atoms with Gasteiger partial charge in [-0.1, -0.05) is 12.1 Å². The van der Waals surface area contributed by atoms with Gasteiger partial charge in [0, 0.05) is 20.2 Å². The molecular formula is C10H13BrN2O2S. The van der Waals surface area contributed by atoms with E-state index >= 15 is 0 Å². The summed E-state index contributed by atoms with van der Waals surface area (Å²) in [6, 6.07) is 5.42. The van der Waals surface area contributed by atoms with Gasteiger partial charge in [0.25, 0.3) is 0 Å². The molecule has 1 unspecified atom stereocenters. The summed E-state index contributed by atoms with van der Waals surface area (Å²) >= 11 is 4.97. The summed E-state index contributed by atoms with van der Waals surface area (Å²) in [6.45, 7) is 2.06. The number of aliphatic hydroxyl groups is 1. The number of aliphatic hydroxyl groups excluding tert-OH is 1. The molecule has 0 bridgehead atoms. The van der Waals surface area contributed by atoms with Gasteiger partial charge in [-0.05, 0) is 34.1 Å². The Morgan fingerprint density at radius 3 is 2.81 bits per heavy atom. The molecule has 16 heavy (non-hydrogen) atoms. The van der Waals surface area contributed by atoms with E-state index in [1.807, 2.05) is 13.0 Å². The molecule has 0 saturated carbocycles. The third-order valence-electron chi connectivity index (χ3n) is 1.92. The molecule has 88 valence electrons. The van der Waals surface area contributed by atoms with Crippen molar-refractivity contribution in [1.29, 1.82) is 0 Å². The van der Waals surface area contributed by atoms with Crippen molar-refractivity contribution >= 4 is 33.5 Å². The summed E-state index contributed by atoms with van der Waals surface area (Å²) < 4.78 is 0.863. The van der Waals surface area contributed by atoms with E-state index in [4.69, 9.17) is 16.0 Å². The summed E-state index contributed by atoms with van der Waals surface area (Å²) in [4.78, 5) is 1.01. The van der Waals surface area contributed by atoms with Gasteiger partial charge in [0.1, 0.15) is 0 Å². The van der Waals surface area contributed by atoms with Crippen molar-refractivity contribution in [3.63, 3.8) is 0 Å². The molecule has 0 spiro atoms. The zero-order chi connectivity index (χ0) is 12.1. The summed E-state index contributed by atoms with van der Waals surface area (Å²) in [5.41, 5.74) is 6.12. The molecule has 0 saturated heterocycles. The van der Waals surface area contributed by atoms with Gasteiger partial charge in [0.15, 0.2) is 5.84 Å². The molecule has 1 aromatic carbocycles. The maximum Gasteiger partial charge on any atom is 0.170 e. The van der Waals surface area contributed by atoms with E-state index in [-0.39, 0.29) is 17.7 Å². The van der Waals surface area contributed by atoms with Gasteiger partial charge >= 0.3 is 0 Å². The van der Waals surface area contributed by atoms with Gasteiger partial charge in [0.2, 0.25) is 0 Å².